The highest BCUT2D eigenvalue weighted by atomic mass is 16.6. The highest BCUT2D eigenvalue weighted by Gasteiger charge is 2.20. The summed E-state index contributed by atoms with van der Waals surface area (Å²) in [5.41, 5.74) is 0.546. The Kier molecular flexibility index (Phi) is 3.53. The zero-order valence-electron chi connectivity index (χ0n) is 11.5. The van der Waals surface area contributed by atoms with E-state index in [9.17, 15) is 14.9 Å². The second-order valence-electron chi connectivity index (χ2n) is 4.76. The summed E-state index contributed by atoms with van der Waals surface area (Å²) in [4.78, 5) is 23.1. The third-order valence-corrected chi connectivity index (χ3v) is 3.37. The van der Waals surface area contributed by atoms with Gasteiger partial charge in [0.2, 0.25) is 0 Å². The van der Waals surface area contributed by atoms with Crippen LogP contribution < -0.4 is 5.32 Å². The van der Waals surface area contributed by atoms with Crippen LogP contribution in [-0.2, 0) is 0 Å². The van der Waals surface area contributed by atoms with Crippen molar-refractivity contribution in [2.75, 3.05) is 5.32 Å². The standard InChI is InChI=1S/C17H12N2O3/c20-17(13-7-2-1-3-8-13)18-15-11-10-12-6-4-5-9-14(12)16(15)19(21)22/h1-11H,(H,18,20). The maximum absolute atomic E-state index is 12.2. The number of benzene rings is 3. The van der Waals surface area contributed by atoms with Gasteiger partial charge in [-0.2, -0.15) is 0 Å². The molecule has 0 aliphatic rings. The van der Waals surface area contributed by atoms with Crippen LogP contribution in [0.15, 0.2) is 66.7 Å². The van der Waals surface area contributed by atoms with E-state index >= 15 is 0 Å². The number of hydrogen-bond acceptors (Lipinski definition) is 3. The largest absolute Gasteiger partial charge is 0.316 e. The van der Waals surface area contributed by atoms with E-state index in [1.807, 2.05) is 6.07 Å². The van der Waals surface area contributed by atoms with Crippen molar-refractivity contribution in [1.29, 1.82) is 0 Å². The molecule has 0 unspecified atom stereocenters. The number of carbonyl (C=O) groups is 1. The van der Waals surface area contributed by atoms with E-state index in [-0.39, 0.29) is 17.3 Å². The Morgan fingerprint density at radius 1 is 0.909 bits per heavy atom. The fourth-order valence-corrected chi connectivity index (χ4v) is 2.34. The van der Waals surface area contributed by atoms with E-state index in [4.69, 9.17) is 0 Å². The third kappa shape index (κ3) is 2.52. The number of rotatable bonds is 3. The zero-order chi connectivity index (χ0) is 15.5. The summed E-state index contributed by atoms with van der Waals surface area (Å²) in [5.74, 6) is -0.376. The molecule has 3 rings (SSSR count). The van der Waals surface area contributed by atoms with Crippen LogP contribution >= 0.6 is 0 Å². The second kappa shape index (κ2) is 5.65. The summed E-state index contributed by atoms with van der Waals surface area (Å²) in [6.45, 7) is 0. The summed E-state index contributed by atoms with van der Waals surface area (Å²) in [6.07, 6.45) is 0. The third-order valence-electron chi connectivity index (χ3n) is 3.37. The lowest BCUT2D eigenvalue weighted by Gasteiger charge is -2.08. The molecule has 0 aliphatic carbocycles. The molecule has 0 aromatic heterocycles. The van der Waals surface area contributed by atoms with Gasteiger partial charge in [-0.1, -0.05) is 42.5 Å². The van der Waals surface area contributed by atoms with E-state index in [1.54, 1.807) is 60.7 Å². The van der Waals surface area contributed by atoms with E-state index < -0.39 is 4.92 Å². The van der Waals surface area contributed by atoms with Gasteiger partial charge < -0.3 is 5.32 Å². The Morgan fingerprint density at radius 2 is 1.59 bits per heavy atom. The van der Waals surface area contributed by atoms with Gasteiger partial charge in [0.25, 0.3) is 5.91 Å². The number of fused-ring (bicyclic) bond motifs is 1. The van der Waals surface area contributed by atoms with Gasteiger partial charge in [0.15, 0.2) is 0 Å². The maximum atomic E-state index is 12.2. The Hall–Kier alpha value is -3.21. The minimum atomic E-state index is -0.469. The number of amides is 1. The van der Waals surface area contributed by atoms with Crippen LogP contribution in [0, 0.1) is 10.1 Å². The fraction of sp³-hybridized carbons (Fsp3) is 0. The van der Waals surface area contributed by atoms with Gasteiger partial charge in [-0.05, 0) is 29.7 Å². The lowest BCUT2D eigenvalue weighted by Crippen LogP contribution is -2.13. The minimum absolute atomic E-state index is 0.0950. The molecule has 108 valence electrons. The van der Waals surface area contributed by atoms with Crippen molar-refractivity contribution >= 4 is 28.1 Å². The Bertz CT molecular complexity index is 860. The topological polar surface area (TPSA) is 72.2 Å². The average molecular weight is 292 g/mol. The minimum Gasteiger partial charge on any atom is -0.316 e. The van der Waals surface area contributed by atoms with Crippen molar-refractivity contribution in [2.45, 2.75) is 0 Å². The first-order valence-corrected chi connectivity index (χ1v) is 6.69. The Labute approximate surface area is 126 Å². The molecular formula is C17H12N2O3. The fourth-order valence-electron chi connectivity index (χ4n) is 2.34. The van der Waals surface area contributed by atoms with Crippen molar-refractivity contribution in [1.82, 2.24) is 0 Å². The first-order chi connectivity index (χ1) is 10.7. The molecule has 0 bridgehead atoms. The van der Waals surface area contributed by atoms with Gasteiger partial charge in [0, 0.05) is 5.56 Å². The predicted octanol–water partition coefficient (Wildman–Crippen LogP) is 4.00. The van der Waals surface area contributed by atoms with Gasteiger partial charge in [0.05, 0.1) is 10.3 Å². The van der Waals surface area contributed by atoms with Crippen LogP contribution in [0.1, 0.15) is 10.4 Å². The Morgan fingerprint density at radius 3 is 2.32 bits per heavy atom. The molecule has 5 nitrogen and oxygen atoms in total. The van der Waals surface area contributed by atoms with E-state index in [2.05, 4.69) is 5.32 Å². The molecule has 3 aromatic carbocycles. The van der Waals surface area contributed by atoms with Crippen LogP contribution in [0.2, 0.25) is 0 Å². The second-order valence-corrected chi connectivity index (χ2v) is 4.76. The summed E-state index contributed by atoms with van der Waals surface area (Å²) >= 11 is 0. The molecule has 1 amide bonds. The molecule has 0 radical (unpaired) electrons. The molecule has 1 N–H and O–H groups in total. The number of nitrogens with one attached hydrogen (secondary N) is 1. The summed E-state index contributed by atoms with van der Waals surface area (Å²) < 4.78 is 0. The lowest BCUT2D eigenvalue weighted by molar-refractivity contribution is -0.382. The molecule has 0 heterocycles. The monoisotopic (exact) mass is 292 g/mol. The molecular weight excluding hydrogens is 280 g/mol. The van der Waals surface area contributed by atoms with Crippen molar-refractivity contribution in [3.8, 4) is 0 Å². The summed E-state index contributed by atoms with van der Waals surface area (Å²) in [6, 6.07) is 18.9. The van der Waals surface area contributed by atoms with Crippen molar-refractivity contribution in [2.24, 2.45) is 0 Å². The predicted molar refractivity (Wildman–Crippen MR) is 85.0 cm³/mol. The quantitative estimate of drug-likeness (QED) is 0.585. The highest BCUT2D eigenvalue weighted by molar-refractivity contribution is 6.08. The average Bonchev–Trinajstić information content (AvgIpc) is 2.55. The number of hydrogen-bond donors (Lipinski definition) is 1. The molecule has 3 aromatic rings. The molecule has 22 heavy (non-hydrogen) atoms. The molecule has 0 spiro atoms. The van der Waals surface area contributed by atoms with Gasteiger partial charge in [-0.25, -0.2) is 0 Å². The van der Waals surface area contributed by atoms with Crippen molar-refractivity contribution < 1.29 is 9.72 Å². The van der Waals surface area contributed by atoms with E-state index in [0.29, 0.717) is 10.9 Å². The first-order valence-electron chi connectivity index (χ1n) is 6.69. The van der Waals surface area contributed by atoms with Gasteiger partial charge in [0.1, 0.15) is 5.69 Å². The molecule has 0 atom stereocenters. The molecule has 5 heteroatoms. The van der Waals surface area contributed by atoms with Crippen LogP contribution in [0.25, 0.3) is 10.8 Å². The SMILES string of the molecule is O=C(Nc1ccc2ccccc2c1[N+](=O)[O-])c1ccccc1. The van der Waals surface area contributed by atoms with Gasteiger partial charge in [-0.3, -0.25) is 14.9 Å². The molecule has 0 saturated heterocycles. The molecule has 0 saturated carbocycles. The van der Waals surface area contributed by atoms with Gasteiger partial charge in [-0.15, -0.1) is 0 Å². The van der Waals surface area contributed by atoms with Crippen LogP contribution in [0.3, 0.4) is 0 Å². The summed E-state index contributed by atoms with van der Waals surface area (Å²) in [5, 5.41) is 15.3. The maximum Gasteiger partial charge on any atom is 0.300 e. The highest BCUT2D eigenvalue weighted by Crippen LogP contribution is 2.33. The van der Waals surface area contributed by atoms with Crippen LogP contribution in [0.5, 0.6) is 0 Å². The smallest absolute Gasteiger partial charge is 0.300 e. The van der Waals surface area contributed by atoms with E-state index in [0.717, 1.165) is 5.39 Å². The number of carbonyl (C=O) groups excluding carboxylic acids is 1. The number of anilines is 1. The number of nitrogens with zero attached hydrogens (tertiary/aromatic N) is 1. The normalized spacial score (nSPS) is 10.4. The summed E-state index contributed by atoms with van der Waals surface area (Å²) in [7, 11) is 0. The zero-order valence-corrected chi connectivity index (χ0v) is 11.5. The number of nitro groups is 1. The Balaban J connectivity index is 2.06. The van der Waals surface area contributed by atoms with Crippen LogP contribution in [0.4, 0.5) is 11.4 Å². The lowest BCUT2D eigenvalue weighted by atomic mass is 10.1. The molecule has 0 aliphatic heterocycles. The van der Waals surface area contributed by atoms with E-state index in [1.165, 1.54) is 0 Å². The first kappa shape index (κ1) is 13.8. The number of nitro benzene ring substituents is 1. The van der Waals surface area contributed by atoms with Crippen LogP contribution in [-0.4, -0.2) is 10.8 Å². The molecule has 0 fully saturated rings. The van der Waals surface area contributed by atoms with Crippen molar-refractivity contribution in [3.63, 3.8) is 0 Å². The van der Waals surface area contributed by atoms with Crippen molar-refractivity contribution in [3.05, 3.63) is 82.4 Å². The van der Waals surface area contributed by atoms with Gasteiger partial charge >= 0.3 is 5.69 Å².